The topological polar surface area (TPSA) is 76.5 Å². The highest BCUT2D eigenvalue weighted by Gasteiger charge is 2.35. The van der Waals surface area contributed by atoms with Crippen molar-refractivity contribution in [2.45, 2.75) is 42.7 Å². The lowest BCUT2D eigenvalue weighted by Gasteiger charge is -2.23. The number of nitrogens with one attached hydrogen (secondary N) is 1. The van der Waals surface area contributed by atoms with Gasteiger partial charge in [0.2, 0.25) is 10.0 Å². The molecule has 0 amide bonds. The lowest BCUT2D eigenvalue weighted by atomic mass is 10.1. The number of nitrogens with zero attached hydrogens (tertiary/aromatic N) is 3. The number of ether oxygens (including phenoxy) is 1. The zero-order valence-electron chi connectivity index (χ0n) is 12.9. The summed E-state index contributed by atoms with van der Waals surface area (Å²) in [5.74, 6) is 0. The van der Waals surface area contributed by atoms with E-state index < -0.39 is 10.0 Å². The second-order valence-corrected chi connectivity index (χ2v) is 7.86. The predicted molar refractivity (Wildman–Crippen MR) is 82.2 cm³/mol. The zero-order valence-corrected chi connectivity index (χ0v) is 13.8. The molecule has 124 valence electrons. The second kappa shape index (κ2) is 6.66. The molecule has 22 heavy (non-hydrogen) atoms. The Kier molecular flexibility index (Phi) is 4.82. The minimum absolute atomic E-state index is 0.0430. The smallest absolute Gasteiger partial charge is 0.246 e. The van der Waals surface area contributed by atoms with Gasteiger partial charge in [0.15, 0.2) is 0 Å². The van der Waals surface area contributed by atoms with Crippen LogP contribution in [0.4, 0.5) is 0 Å². The third-order valence-corrected chi connectivity index (χ3v) is 6.42. The van der Waals surface area contributed by atoms with E-state index >= 15 is 0 Å². The molecular weight excluding hydrogens is 304 g/mol. The Morgan fingerprint density at radius 3 is 2.86 bits per heavy atom. The van der Waals surface area contributed by atoms with Crippen molar-refractivity contribution >= 4 is 10.0 Å². The highest BCUT2D eigenvalue weighted by atomic mass is 32.2. The number of rotatable bonds is 5. The van der Waals surface area contributed by atoms with Gasteiger partial charge in [-0.2, -0.15) is 9.40 Å². The third-order valence-electron chi connectivity index (χ3n) is 4.51. The van der Waals surface area contributed by atoms with Crippen LogP contribution in [0.25, 0.3) is 0 Å². The molecule has 2 aliphatic rings. The van der Waals surface area contributed by atoms with Crippen LogP contribution < -0.4 is 5.32 Å². The van der Waals surface area contributed by atoms with Gasteiger partial charge in [0, 0.05) is 38.5 Å². The fraction of sp³-hybridized carbons (Fsp3) is 0.786. The van der Waals surface area contributed by atoms with Gasteiger partial charge in [0.25, 0.3) is 0 Å². The molecule has 3 rings (SSSR count). The van der Waals surface area contributed by atoms with Gasteiger partial charge in [-0.25, -0.2) is 8.42 Å². The van der Waals surface area contributed by atoms with Crippen LogP contribution in [-0.4, -0.2) is 61.9 Å². The lowest BCUT2D eigenvalue weighted by molar-refractivity contribution is 0.0662. The Morgan fingerprint density at radius 1 is 1.36 bits per heavy atom. The van der Waals surface area contributed by atoms with Crippen LogP contribution in [0, 0.1) is 0 Å². The average molecular weight is 328 g/mol. The second-order valence-electron chi connectivity index (χ2n) is 5.97. The Hall–Kier alpha value is -0.960. The Balaban J connectivity index is 1.79. The van der Waals surface area contributed by atoms with E-state index in [1.807, 2.05) is 7.05 Å². The molecule has 1 aromatic rings. The van der Waals surface area contributed by atoms with Crippen LogP contribution >= 0.6 is 0 Å². The number of aromatic nitrogens is 2. The summed E-state index contributed by atoms with van der Waals surface area (Å²) in [7, 11) is -1.60. The maximum atomic E-state index is 12.8. The summed E-state index contributed by atoms with van der Waals surface area (Å²) < 4.78 is 34.4. The summed E-state index contributed by atoms with van der Waals surface area (Å²) in [6, 6.07) is 0.283. The van der Waals surface area contributed by atoms with Crippen LogP contribution in [0.3, 0.4) is 0 Å². The van der Waals surface area contributed by atoms with Crippen LogP contribution in [0.15, 0.2) is 17.3 Å². The van der Waals surface area contributed by atoms with Crippen molar-refractivity contribution in [3.05, 3.63) is 12.4 Å². The number of hydrogen-bond acceptors (Lipinski definition) is 5. The maximum Gasteiger partial charge on any atom is 0.246 e. The predicted octanol–water partition coefficient (Wildman–Crippen LogP) is 0.607. The summed E-state index contributed by atoms with van der Waals surface area (Å²) in [4.78, 5) is 0.307. The first kappa shape index (κ1) is 15.9. The molecule has 0 spiro atoms. The normalized spacial score (nSPS) is 24.9. The maximum absolute atomic E-state index is 12.8. The van der Waals surface area contributed by atoms with Gasteiger partial charge >= 0.3 is 0 Å². The summed E-state index contributed by atoms with van der Waals surface area (Å²) in [6.45, 7) is 2.70. The highest BCUT2D eigenvalue weighted by Crippen LogP contribution is 2.27. The van der Waals surface area contributed by atoms with Crippen molar-refractivity contribution < 1.29 is 13.2 Å². The molecule has 1 N–H and O–H groups in total. The first-order valence-corrected chi connectivity index (χ1v) is 9.35. The molecular formula is C14H24N4O3S. The molecule has 0 bridgehead atoms. The molecule has 0 saturated carbocycles. The number of likely N-dealkylation sites (N-methyl/N-ethyl adjacent to an activating group) is 1. The van der Waals surface area contributed by atoms with E-state index in [4.69, 9.17) is 4.74 Å². The highest BCUT2D eigenvalue weighted by molar-refractivity contribution is 7.89. The molecule has 2 fully saturated rings. The molecule has 7 nitrogen and oxygen atoms in total. The van der Waals surface area contributed by atoms with Crippen molar-refractivity contribution in [1.82, 2.24) is 19.4 Å². The van der Waals surface area contributed by atoms with Gasteiger partial charge in [-0.3, -0.25) is 4.68 Å². The lowest BCUT2D eigenvalue weighted by Crippen LogP contribution is -2.40. The Bertz CT molecular complexity index is 595. The van der Waals surface area contributed by atoms with Gasteiger partial charge in [-0.05, 0) is 32.7 Å². The molecule has 0 aromatic carbocycles. The summed E-state index contributed by atoms with van der Waals surface area (Å²) in [6.07, 6.45) is 6.76. The van der Waals surface area contributed by atoms with Gasteiger partial charge in [0.1, 0.15) is 4.90 Å². The van der Waals surface area contributed by atoms with Crippen LogP contribution in [-0.2, 0) is 14.8 Å². The van der Waals surface area contributed by atoms with E-state index in [1.165, 1.54) is 6.20 Å². The van der Waals surface area contributed by atoms with Gasteiger partial charge < -0.3 is 10.1 Å². The molecule has 2 aliphatic heterocycles. The van der Waals surface area contributed by atoms with Crippen molar-refractivity contribution in [2.75, 3.05) is 33.4 Å². The molecule has 1 atom stereocenters. The quantitative estimate of drug-likeness (QED) is 0.857. The average Bonchev–Trinajstić information content (AvgIpc) is 3.18. The van der Waals surface area contributed by atoms with Crippen LogP contribution in [0.5, 0.6) is 0 Å². The summed E-state index contributed by atoms with van der Waals surface area (Å²) in [5.41, 5.74) is 0. The minimum Gasteiger partial charge on any atom is -0.381 e. The van der Waals surface area contributed by atoms with E-state index in [2.05, 4.69) is 10.4 Å². The number of sulfonamides is 1. The molecule has 0 aliphatic carbocycles. The summed E-state index contributed by atoms with van der Waals surface area (Å²) >= 11 is 0. The monoisotopic (exact) mass is 328 g/mol. The molecule has 0 unspecified atom stereocenters. The van der Waals surface area contributed by atoms with E-state index in [1.54, 1.807) is 15.2 Å². The standard InChI is InChI=1S/C14H24N4O3S/c1-15-9-13-3-2-6-18(13)22(19,20)14-10-16-17(11-14)12-4-7-21-8-5-12/h10-13,15H,2-9H2,1H3/t13-/m1/s1. The first-order valence-electron chi connectivity index (χ1n) is 7.91. The summed E-state index contributed by atoms with van der Waals surface area (Å²) in [5, 5.41) is 7.37. The number of hydrogen-bond donors (Lipinski definition) is 1. The molecule has 1 aromatic heterocycles. The Morgan fingerprint density at radius 2 is 2.14 bits per heavy atom. The van der Waals surface area contributed by atoms with Gasteiger partial charge in [0.05, 0.1) is 12.2 Å². The van der Waals surface area contributed by atoms with Gasteiger partial charge in [-0.1, -0.05) is 0 Å². The zero-order chi connectivity index (χ0) is 15.6. The minimum atomic E-state index is -3.45. The van der Waals surface area contributed by atoms with Crippen molar-refractivity contribution in [1.29, 1.82) is 0 Å². The van der Waals surface area contributed by atoms with E-state index in [-0.39, 0.29) is 12.1 Å². The fourth-order valence-electron chi connectivity index (χ4n) is 3.30. The fourth-order valence-corrected chi connectivity index (χ4v) is 4.94. The third kappa shape index (κ3) is 3.05. The molecule has 3 heterocycles. The SMILES string of the molecule is CNC[C@H]1CCCN1S(=O)(=O)c1cnn(C2CCOCC2)c1. The molecule has 8 heteroatoms. The van der Waals surface area contributed by atoms with Gasteiger partial charge in [-0.15, -0.1) is 0 Å². The molecule has 0 radical (unpaired) electrons. The van der Waals surface area contributed by atoms with Crippen molar-refractivity contribution in [3.8, 4) is 0 Å². The Labute approximate surface area is 131 Å². The van der Waals surface area contributed by atoms with E-state index in [0.717, 1.165) is 25.7 Å². The van der Waals surface area contributed by atoms with Crippen LogP contribution in [0.2, 0.25) is 0 Å². The van der Waals surface area contributed by atoms with Crippen molar-refractivity contribution in [3.63, 3.8) is 0 Å². The first-order chi connectivity index (χ1) is 10.6. The largest absolute Gasteiger partial charge is 0.381 e. The van der Waals surface area contributed by atoms with Crippen LogP contribution in [0.1, 0.15) is 31.7 Å². The molecule has 2 saturated heterocycles. The van der Waals surface area contributed by atoms with E-state index in [0.29, 0.717) is 31.2 Å². The van der Waals surface area contributed by atoms with E-state index in [9.17, 15) is 8.42 Å². The van der Waals surface area contributed by atoms with Crippen molar-refractivity contribution in [2.24, 2.45) is 0 Å².